The van der Waals surface area contributed by atoms with Gasteiger partial charge in [0.05, 0.1) is 0 Å². The molecule has 20 heavy (non-hydrogen) atoms. The number of nitrogens with zero attached hydrogens (tertiary/aromatic N) is 2. The standard InChI is InChI=1S/C15H26N4S/c1-13-5-3-4-8-19(13)9-7-17-15(16-2)18-11-14-6-10-20-12-14/h6,10,12-13H,3-5,7-9,11H2,1-2H3,(H2,16,17,18). The first-order chi connectivity index (χ1) is 9.79. The Morgan fingerprint density at radius 1 is 1.45 bits per heavy atom. The van der Waals surface area contributed by atoms with Crippen LogP contribution in [0.15, 0.2) is 21.8 Å². The van der Waals surface area contributed by atoms with Gasteiger partial charge < -0.3 is 10.6 Å². The van der Waals surface area contributed by atoms with Crippen LogP contribution < -0.4 is 10.6 Å². The number of hydrogen-bond donors (Lipinski definition) is 2. The molecule has 0 spiro atoms. The van der Waals surface area contributed by atoms with E-state index in [2.05, 4.69) is 44.3 Å². The Bertz CT molecular complexity index is 402. The zero-order valence-corrected chi connectivity index (χ0v) is 13.4. The second kappa shape index (κ2) is 8.27. The SMILES string of the molecule is CN=C(NCCN1CCCCC1C)NCc1ccsc1. The molecule has 1 aliphatic heterocycles. The minimum atomic E-state index is 0.728. The van der Waals surface area contributed by atoms with Crippen molar-refractivity contribution in [3.63, 3.8) is 0 Å². The molecule has 0 saturated carbocycles. The van der Waals surface area contributed by atoms with Crippen molar-refractivity contribution in [1.29, 1.82) is 0 Å². The maximum absolute atomic E-state index is 4.27. The van der Waals surface area contributed by atoms with Crippen molar-refractivity contribution in [3.05, 3.63) is 22.4 Å². The molecule has 2 N–H and O–H groups in total. The number of nitrogens with one attached hydrogen (secondary N) is 2. The van der Waals surface area contributed by atoms with Gasteiger partial charge in [-0.2, -0.15) is 11.3 Å². The Morgan fingerprint density at radius 3 is 3.05 bits per heavy atom. The summed E-state index contributed by atoms with van der Waals surface area (Å²) in [6.45, 7) is 6.46. The normalized spacial score (nSPS) is 20.9. The largest absolute Gasteiger partial charge is 0.355 e. The van der Waals surface area contributed by atoms with Crippen LogP contribution in [0.25, 0.3) is 0 Å². The summed E-state index contributed by atoms with van der Waals surface area (Å²) in [6.07, 6.45) is 4.07. The Morgan fingerprint density at radius 2 is 2.35 bits per heavy atom. The van der Waals surface area contributed by atoms with Gasteiger partial charge in [-0.1, -0.05) is 6.42 Å². The van der Waals surface area contributed by atoms with Crippen LogP contribution >= 0.6 is 11.3 Å². The first kappa shape index (κ1) is 15.3. The highest BCUT2D eigenvalue weighted by molar-refractivity contribution is 7.07. The first-order valence-corrected chi connectivity index (χ1v) is 8.43. The molecule has 1 atom stereocenters. The molecule has 112 valence electrons. The summed E-state index contributed by atoms with van der Waals surface area (Å²) in [6, 6.07) is 2.87. The maximum Gasteiger partial charge on any atom is 0.191 e. The maximum atomic E-state index is 4.27. The molecule has 5 heteroatoms. The molecule has 1 unspecified atom stereocenters. The number of guanidine groups is 1. The Labute approximate surface area is 126 Å². The van der Waals surface area contributed by atoms with Crippen molar-refractivity contribution >= 4 is 17.3 Å². The van der Waals surface area contributed by atoms with Gasteiger partial charge in [0.25, 0.3) is 0 Å². The number of likely N-dealkylation sites (tertiary alicyclic amines) is 1. The zero-order valence-electron chi connectivity index (χ0n) is 12.6. The monoisotopic (exact) mass is 294 g/mol. The minimum absolute atomic E-state index is 0.728. The lowest BCUT2D eigenvalue weighted by Crippen LogP contribution is -2.45. The second-order valence-electron chi connectivity index (χ2n) is 5.36. The van der Waals surface area contributed by atoms with Gasteiger partial charge in [0.1, 0.15) is 0 Å². The quantitative estimate of drug-likeness (QED) is 0.646. The van der Waals surface area contributed by atoms with E-state index in [-0.39, 0.29) is 0 Å². The van der Waals surface area contributed by atoms with Crippen LogP contribution in [-0.4, -0.2) is 43.6 Å². The van der Waals surface area contributed by atoms with E-state index in [0.29, 0.717) is 0 Å². The van der Waals surface area contributed by atoms with E-state index in [1.807, 2.05) is 7.05 Å². The average molecular weight is 294 g/mol. The molecule has 0 amide bonds. The van der Waals surface area contributed by atoms with E-state index in [1.165, 1.54) is 31.4 Å². The van der Waals surface area contributed by atoms with Crippen molar-refractivity contribution in [2.24, 2.45) is 4.99 Å². The van der Waals surface area contributed by atoms with Crippen molar-refractivity contribution in [2.45, 2.75) is 38.8 Å². The molecule has 1 fully saturated rings. The van der Waals surface area contributed by atoms with Gasteiger partial charge in [-0.05, 0) is 48.7 Å². The second-order valence-corrected chi connectivity index (χ2v) is 6.14. The molecule has 2 rings (SSSR count). The van der Waals surface area contributed by atoms with Crippen molar-refractivity contribution in [2.75, 3.05) is 26.7 Å². The Balaban J connectivity index is 1.66. The highest BCUT2D eigenvalue weighted by Crippen LogP contribution is 2.15. The zero-order chi connectivity index (χ0) is 14.2. The van der Waals surface area contributed by atoms with Gasteiger partial charge in [-0.15, -0.1) is 0 Å². The molecule has 0 aromatic carbocycles. The van der Waals surface area contributed by atoms with Gasteiger partial charge in [-0.25, -0.2) is 0 Å². The van der Waals surface area contributed by atoms with Crippen LogP contribution in [0.2, 0.25) is 0 Å². The van der Waals surface area contributed by atoms with Crippen LogP contribution in [0.4, 0.5) is 0 Å². The lowest BCUT2D eigenvalue weighted by Gasteiger charge is -2.33. The van der Waals surface area contributed by atoms with E-state index < -0.39 is 0 Å². The van der Waals surface area contributed by atoms with E-state index in [4.69, 9.17) is 0 Å². The molecule has 1 saturated heterocycles. The third-order valence-electron chi connectivity index (χ3n) is 3.90. The summed E-state index contributed by atoms with van der Waals surface area (Å²) in [7, 11) is 1.83. The highest BCUT2D eigenvalue weighted by atomic mass is 32.1. The van der Waals surface area contributed by atoms with E-state index in [1.54, 1.807) is 11.3 Å². The summed E-state index contributed by atoms with van der Waals surface area (Å²) in [5.74, 6) is 0.890. The molecule has 0 aliphatic carbocycles. The van der Waals surface area contributed by atoms with Crippen LogP contribution in [0.5, 0.6) is 0 Å². The van der Waals surface area contributed by atoms with E-state index in [9.17, 15) is 0 Å². The molecule has 0 radical (unpaired) electrons. The molecule has 0 bridgehead atoms. The Hall–Kier alpha value is -1.07. The molecular formula is C15H26N4S. The van der Waals surface area contributed by atoms with Crippen molar-refractivity contribution < 1.29 is 0 Å². The predicted molar refractivity (Wildman–Crippen MR) is 87.4 cm³/mol. The lowest BCUT2D eigenvalue weighted by atomic mass is 10.0. The number of hydrogen-bond acceptors (Lipinski definition) is 3. The predicted octanol–water partition coefficient (Wildman–Crippen LogP) is 2.29. The highest BCUT2D eigenvalue weighted by Gasteiger charge is 2.17. The fraction of sp³-hybridized carbons (Fsp3) is 0.667. The summed E-state index contributed by atoms with van der Waals surface area (Å²) < 4.78 is 0. The number of thiophene rings is 1. The molecule has 1 aliphatic rings. The average Bonchev–Trinajstić information content (AvgIpc) is 2.98. The number of piperidine rings is 1. The lowest BCUT2D eigenvalue weighted by molar-refractivity contribution is 0.163. The van der Waals surface area contributed by atoms with Gasteiger partial charge >= 0.3 is 0 Å². The molecule has 2 heterocycles. The van der Waals surface area contributed by atoms with Crippen molar-refractivity contribution in [3.8, 4) is 0 Å². The van der Waals surface area contributed by atoms with Crippen LogP contribution in [0, 0.1) is 0 Å². The minimum Gasteiger partial charge on any atom is -0.355 e. The summed E-state index contributed by atoms with van der Waals surface area (Å²) in [5.41, 5.74) is 1.31. The van der Waals surface area contributed by atoms with Gasteiger partial charge in [-0.3, -0.25) is 9.89 Å². The first-order valence-electron chi connectivity index (χ1n) is 7.49. The van der Waals surface area contributed by atoms with Gasteiger partial charge in [0.15, 0.2) is 5.96 Å². The van der Waals surface area contributed by atoms with E-state index in [0.717, 1.165) is 31.6 Å². The van der Waals surface area contributed by atoms with E-state index >= 15 is 0 Å². The fourth-order valence-corrected chi connectivity index (χ4v) is 3.28. The number of rotatable bonds is 5. The topological polar surface area (TPSA) is 39.7 Å². The third kappa shape index (κ3) is 4.80. The molecular weight excluding hydrogens is 268 g/mol. The number of aliphatic imine (C=N–C) groups is 1. The molecule has 4 nitrogen and oxygen atoms in total. The fourth-order valence-electron chi connectivity index (χ4n) is 2.61. The van der Waals surface area contributed by atoms with Gasteiger partial charge in [0.2, 0.25) is 0 Å². The Kier molecular flexibility index (Phi) is 6.33. The van der Waals surface area contributed by atoms with Gasteiger partial charge in [0, 0.05) is 32.7 Å². The summed E-state index contributed by atoms with van der Waals surface area (Å²) in [5, 5.41) is 11.0. The molecule has 1 aromatic rings. The molecule has 1 aromatic heterocycles. The summed E-state index contributed by atoms with van der Waals surface area (Å²) in [4.78, 5) is 6.84. The smallest absolute Gasteiger partial charge is 0.191 e. The summed E-state index contributed by atoms with van der Waals surface area (Å²) >= 11 is 1.73. The van der Waals surface area contributed by atoms with Crippen LogP contribution in [0.3, 0.4) is 0 Å². The third-order valence-corrected chi connectivity index (χ3v) is 4.63. The van der Waals surface area contributed by atoms with Crippen molar-refractivity contribution in [1.82, 2.24) is 15.5 Å². The van der Waals surface area contributed by atoms with Crippen LogP contribution in [-0.2, 0) is 6.54 Å². The van der Waals surface area contributed by atoms with Crippen LogP contribution in [0.1, 0.15) is 31.7 Å².